The predicted octanol–water partition coefficient (Wildman–Crippen LogP) is 3.51. The Bertz CT molecular complexity index is 839. The second-order valence-corrected chi connectivity index (χ2v) is 7.41. The van der Waals surface area contributed by atoms with E-state index in [4.69, 9.17) is 0 Å². The van der Waals surface area contributed by atoms with Gasteiger partial charge in [0.2, 0.25) is 5.91 Å². The van der Waals surface area contributed by atoms with Crippen LogP contribution in [-0.4, -0.2) is 31.4 Å². The number of fused-ring (bicyclic) bond motifs is 1. The highest BCUT2D eigenvalue weighted by Gasteiger charge is 2.12. The van der Waals surface area contributed by atoms with Gasteiger partial charge in [-0.2, -0.15) is 0 Å². The van der Waals surface area contributed by atoms with Gasteiger partial charge in [-0.25, -0.2) is 4.98 Å². The number of hydrogen-bond acceptors (Lipinski definition) is 6. The van der Waals surface area contributed by atoms with Crippen LogP contribution in [0.2, 0.25) is 0 Å². The van der Waals surface area contributed by atoms with Crippen molar-refractivity contribution in [1.82, 2.24) is 19.7 Å². The molecule has 23 heavy (non-hydrogen) atoms. The molecule has 0 fully saturated rings. The molecule has 0 atom stereocenters. The van der Waals surface area contributed by atoms with Crippen LogP contribution in [0, 0.1) is 6.92 Å². The minimum atomic E-state index is -0.0934. The van der Waals surface area contributed by atoms with Crippen molar-refractivity contribution in [3.63, 3.8) is 0 Å². The van der Waals surface area contributed by atoms with E-state index in [1.54, 1.807) is 6.33 Å². The van der Waals surface area contributed by atoms with Crippen LogP contribution < -0.4 is 5.32 Å². The zero-order valence-electron chi connectivity index (χ0n) is 13.1. The van der Waals surface area contributed by atoms with Gasteiger partial charge in [-0.05, 0) is 38.5 Å². The van der Waals surface area contributed by atoms with E-state index < -0.39 is 0 Å². The highest BCUT2D eigenvalue weighted by atomic mass is 32.2. The smallest absolute Gasteiger partial charge is 0.236 e. The van der Waals surface area contributed by atoms with Gasteiger partial charge in [-0.1, -0.05) is 29.2 Å². The summed E-state index contributed by atoms with van der Waals surface area (Å²) in [5.74, 6) is 0.185. The van der Waals surface area contributed by atoms with Gasteiger partial charge < -0.3 is 9.88 Å². The molecule has 3 rings (SSSR count). The summed E-state index contributed by atoms with van der Waals surface area (Å²) in [6.45, 7) is 6.14. The van der Waals surface area contributed by atoms with Crippen LogP contribution in [-0.2, 0) is 4.79 Å². The standard InChI is InChI=1S/C15H17N5OS2/c1-9(2)20-8-16-19-15(20)22-7-13(21)18-14-17-11-5-4-10(3)6-12(11)23-14/h4-6,8-9H,7H2,1-3H3,(H,17,18,21). The largest absolute Gasteiger partial charge is 0.306 e. The molecule has 0 bridgehead atoms. The fourth-order valence-corrected chi connectivity index (χ4v) is 3.88. The number of hydrogen-bond donors (Lipinski definition) is 1. The summed E-state index contributed by atoms with van der Waals surface area (Å²) in [6, 6.07) is 6.32. The van der Waals surface area contributed by atoms with Crippen LogP contribution in [0.15, 0.2) is 29.7 Å². The first-order valence-corrected chi connectivity index (χ1v) is 9.02. The summed E-state index contributed by atoms with van der Waals surface area (Å²) in [5, 5.41) is 12.2. The number of aryl methyl sites for hydroxylation is 1. The number of nitrogens with one attached hydrogen (secondary N) is 1. The van der Waals surface area contributed by atoms with Crippen molar-refractivity contribution in [3.05, 3.63) is 30.1 Å². The Balaban J connectivity index is 1.63. The summed E-state index contributed by atoms with van der Waals surface area (Å²) in [6.07, 6.45) is 1.68. The van der Waals surface area contributed by atoms with E-state index in [1.165, 1.54) is 28.7 Å². The van der Waals surface area contributed by atoms with Gasteiger partial charge in [0.25, 0.3) is 0 Å². The summed E-state index contributed by atoms with van der Waals surface area (Å²) >= 11 is 2.86. The van der Waals surface area contributed by atoms with Crippen LogP contribution in [0.5, 0.6) is 0 Å². The second kappa shape index (κ2) is 6.67. The number of carbonyl (C=O) groups excluding carboxylic acids is 1. The molecule has 0 aliphatic heterocycles. The number of amides is 1. The van der Waals surface area contributed by atoms with Crippen molar-refractivity contribution in [2.75, 3.05) is 11.1 Å². The predicted molar refractivity (Wildman–Crippen MR) is 94.1 cm³/mol. The zero-order valence-corrected chi connectivity index (χ0v) is 14.7. The molecule has 1 aromatic carbocycles. The Morgan fingerprint density at radius 2 is 2.26 bits per heavy atom. The number of benzene rings is 1. The molecular formula is C15H17N5OS2. The van der Waals surface area contributed by atoms with Gasteiger partial charge in [0, 0.05) is 6.04 Å². The van der Waals surface area contributed by atoms with Crippen LogP contribution in [0.25, 0.3) is 10.2 Å². The van der Waals surface area contributed by atoms with Crippen LogP contribution >= 0.6 is 23.1 Å². The summed E-state index contributed by atoms with van der Waals surface area (Å²) < 4.78 is 3.02. The lowest BCUT2D eigenvalue weighted by molar-refractivity contribution is -0.113. The molecule has 0 saturated carbocycles. The number of rotatable bonds is 5. The number of aromatic nitrogens is 4. The molecule has 3 aromatic rings. The maximum atomic E-state index is 12.1. The molecule has 0 aliphatic carbocycles. The molecule has 0 unspecified atom stereocenters. The average molecular weight is 347 g/mol. The highest BCUT2D eigenvalue weighted by Crippen LogP contribution is 2.27. The van der Waals surface area contributed by atoms with Crippen molar-refractivity contribution >= 4 is 44.4 Å². The summed E-state index contributed by atoms with van der Waals surface area (Å²) in [5.41, 5.74) is 2.09. The molecule has 2 heterocycles. The maximum Gasteiger partial charge on any atom is 0.236 e. The van der Waals surface area contributed by atoms with Gasteiger partial charge in [-0.3, -0.25) is 4.79 Å². The first-order valence-electron chi connectivity index (χ1n) is 7.22. The molecule has 8 heteroatoms. The third-order valence-electron chi connectivity index (χ3n) is 3.22. The molecule has 1 amide bonds. The van der Waals surface area contributed by atoms with Crippen molar-refractivity contribution in [1.29, 1.82) is 0 Å². The van der Waals surface area contributed by atoms with Gasteiger partial charge in [0.1, 0.15) is 6.33 Å². The van der Waals surface area contributed by atoms with E-state index >= 15 is 0 Å². The quantitative estimate of drug-likeness (QED) is 0.715. The van der Waals surface area contributed by atoms with E-state index in [0.29, 0.717) is 5.13 Å². The minimum absolute atomic E-state index is 0.0934. The molecule has 1 N–H and O–H groups in total. The first-order chi connectivity index (χ1) is 11.0. The van der Waals surface area contributed by atoms with Gasteiger partial charge >= 0.3 is 0 Å². The van der Waals surface area contributed by atoms with Crippen LogP contribution in [0.1, 0.15) is 25.5 Å². The zero-order chi connectivity index (χ0) is 16.4. The first kappa shape index (κ1) is 15.9. The number of nitrogens with zero attached hydrogens (tertiary/aromatic N) is 4. The van der Waals surface area contributed by atoms with Crippen molar-refractivity contribution in [3.8, 4) is 0 Å². The molecule has 0 radical (unpaired) electrons. The summed E-state index contributed by atoms with van der Waals surface area (Å²) in [7, 11) is 0. The SMILES string of the molecule is Cc1ccc2nc(NC(=O)CSc3nncn3C(C)C)sc2c1. The van der Waals surface area contributed by atoms with Gasteiger partial charge in [0.05, 0.1) is 16.0 Å². The average Bonchev–Trinajstić information content (AvgIpc) is 3.10. The summed E-state index contributed by atoms with van der Waals surface area (Å²) in [4.78, 5) is 16.5. The number of thiazole rings is 1. The Kier molecular flexibility index (Phi) is 4.63. The van der Waals surface area contributed by atoms with E-state index in [1.807, 2.05) is 23.6 Å². The van der Waals surface area contributed by atoms with Gasteiger partial charge in [0.15, 0.2) is 10.3 Å². The molecule has 2 aromatic heterocycles. The third kappa shape index (κ3) is 3.70. The monoisotopic (exact) mass is 347 g/mol. The molecule has 0 saturated heterocycles. The lowest BCUT2D eigenvalue weighted by Gasteiger charge is -2.08. The van der Waals surface area contributed by atoms with E-state index in [9.17, 15) is 4.79 Å². The topological polar surface area (TPSA) is 72.7 Å². The molecule has 6 nitrogen and oxygen atoms in total. The normalized spacial score (nSPS) is 11.3. The fourth-order valence-electron chi connectivity index (χ4n) is 2.06. The fraction of sp³-hybridized carbons (Fsp3) is 0.333. The lowest BCUT2D eigenvalue weighted by Crippen LogP contribution is -2.14. The van der Waals surface area contributed by atoms with Crippen molar-refractivity contribution in [2.24, 2.45) is 0 Å². The van der Waals surface area contributed by atoms with Gasteiger partial charge in [-0.15, -0.1) is 10.2 Å². The molecule has 120 valence electrons. The van der Waals surface area contributed by atoms with Crippen molar-refractivity contribution in [2.45, 2.75) is 32.0 Å². The Labute approximate surface area is 142 Å². The number of anilines is 1. The van der Waals surface area contributed by atoms with E-state index in [0.717, 1.165) is 15.4 Å². The van der Waals surface area contributed by atoms with Crippen LogP contribution in [0.4, 0.5) is 5.13 Å². The van der Waals surface area contributed by atoms with E-state index in [2.05, 4.69) is 40.4 Å². The Morgan fingerprint density at radius 3 is 3.04 bits per heavy atom. The molecule has 0 aliphatic rings. The Hall–Kier alpha value is -1.93. The third-order valence-corrected chi connectivity index (χ3v) is 5.11. The highest BCUT2D eigenvalue weighted by molar-refractivity contribution is 7.99. The second-order valence-electron chi connectivity index (χ2n) is 5.44. The van der Waals surface area contributed by atoms with Crippen LogP contribution in [0.3, 0.4) is 0 Å². The van der Waals surface area contributed by atoms with Crippen molar-refractivity contribution < 1.29 is 4.79 Å². The molecule has 0 spiro atoms. The molecular weight excluding hydrogens is 330 g/mol. The Morgan fingerprint density at radius 1 is 1.43 bits per heavy atom. The maximum absolute atomic E-state index is 12.1. The minimum Gasteiger partial charge on any atom is -0.306 e. The lowest BCUT2D eigenvalue weighted by atomic mass is 10.2. The number of carbonyl (C=O) groups is 1. The van der Waals surface area contributed by atoms with E-state index in [-0.39, 0.29) is 17.7 Å². The number of thioether (sulfide) groups is 1.